The van der Waals surface area contributed by atoms with Gasteiger partial charge in [0, 0.05) is 6.61 Å². The summed E-state index contributed by atoms with van der Waals surface area (Å²) in [5.74, 6) is 0.911. The molecule has 0 bridgehead atoms. The first-order valence-electron chi connectivity index (χ1n) is 6.11. The van der Waals surface area contributed by atoms with Crippen LogP contribution in [0.15, 0.2) is 12.2 Å². The smallest absolute Gasteiger partial charge is 0.0490 e. The molecule has 0 amide bonds. The summed E-state index contributed by atoms with van der Waals surface area (Å²) in [5, 5.41) is 9.57. The summed E-state index contributed by atoms with van der Waals surface area (Å²) < 4.78 is 0. The van der Waals surface area contributed by atoms with E-state index in [9.17, 15) is 5.11 Å². The lowest BCUT2D eigenvalue weighted by Crippen LogP contribution is -2.28. The largest absolute Gasteiger partial charge is 0.396 e. The normalized spacial score (nSPS) is 33.8. The van der Waals surface area contributed by atoms with Crippen LogP contribution in [-0.4, -0.2) is 11.7 Å². The molecular weight excluding hydrogens is 172 g/mol. The summed E-state index contributed by atoms with van der Waals surface area (Å²) in [6.45, 7) is 0.397. The molecule has 0 aromatic heterocycles. The predicted molar refractivity (Wildman–Crippen MR) is 59.1 cm³/mol. The molecular formula is C13H22O. The van der Waals surface area contributed by atoms with Gasteiger partial charge in [0.25, 0.3) is 0 Å². The summed E-state index contributed by atoms with van der Waals surface area (Å²) in [6, 6.07) is 0. The van der Waals surface area contributed by atoms with E-state index in [0.717, 1.165) is 12.3 Å². The third-order valence-corrected chi connectivity index (χ3v) is 4.09. The second-order valence-corrected chi connectivity index (χ2v) is 5.23. The average molecular weight is 194 g/mol. The molecule has 80 valence electrons. The van der Waals surface area contributed by atoms with Crippen LogP contribution in [0.1, 0.15) is 51.4 Å². The minimum atomic E-state index is 0.254. The number of allylic oxidation sites excluding steroid dienone is 2. The zero-order valence-corrected chi connectivity index (χ0v) is 9.04. The number of hydrogen-bond acceptors (Lipinski definition) is 1. The molecule has 1 heteroatoms. The summed E-state index contributed by atoms with van der Waals surface area (Å²) in [5.41, 5.74) is 0.254. The van der Waals surface area contributed by atoms with Crippen molar-refractivity contribution in [1.82, 2.24) is 0 Å². The van der Waals surface area contributed by atoms with Crippen molar-refractivity contribution in [3.05, 3.63) is 12.2 Å². The highest BCUT2D eigenvalue weighted by Crippen LogP contribution is 2.42. The Balaban J connectivity index is 1.93. The van der Waals surface area contributed by atoms with E-state index in [2.05, 4.69) is 12.2 Å². The van der Waals surface area contributed by atoms with E-state index in [0.29, 0.717) is 6.61 Å². The molecule has 2 aliphatic rings. The molecule has 1 atom stereocenters. The van der Waals surface area contributed by atoms with Crippen LogP contribution in [0.5, 0.6) is 0 Å². The maximum Gasteiger partial charge on any atom is 0.0490 e. The highest BCUT2D eigenvalue weighted by atomic mass is 16.3. The molecule has 0 aromatic carbocycles. The van der Waals surface area contributed by atoms with Crippen LogP contribution >= 0.6 is 0 Å². The molecule has 14 heavy (non-hydrogen) atoms. The minimum Gasteiger partial charge on any atom is -0.396 e. The lowest BCUT2D eigenvalue weighted by atomic mass is 9.71. The van der Waals surface area contributed by atoms with Gasteiger partial charge < -0.3 is 5.11 Å². The van der Waals surface area contributed by atoms with Crippen LogP contribution in [0.25, 0.3) is 0 Å². The van der Waals surface area contributed by atoms with Crippen molar-refractivity contribution >= 4 is 0 Å². The van der Waals surface area contributed by atoms with Crippen molar-refractivity contribution in [2.24, 2.45) is 11.3 Å². The quantitative estimate of drug-likeness (QED) is 0.684. The maximum absolute atomic E-state index is 9.57. The molecule has 1 unspecified atom stereocenters. The molecule has 0 saturated heterocycles. The van der Waals surface area contributed by atoms with Gasteiger partial charge in [0.15, 0.2) is 0 Å². The van der Waals surface area contributed by atoms with Crippen molar-refractivity contribution < 1.29 is 5.11 Å². The van der Waals surface area contributed by atoms with Crippen LogP contribution in [0, 0.1) is 11.3 Å². The van der Waals surface area contributed by atoms with Gasteiger partial charge in [-0.3, -0.25) is 0 Å². The van der Waals surface area contributed by atoms with Crippen molar-refractivity contribution in [1.29, 1.82) is 0 Å². The Kier molecular flexibility index (Phi) is 3.27. The zero-order chi connectivity index (χ0) is 9.86. The Morgan fingerprint density at radius 1 is 1.21 bits per heavy atom. The van der Waals surface area contributed by atoms with Gasteiger partial charge in [-0.1, -0.05) is 37.8 Å². The van der Waals surface area contributed by atoms with Gasteiger partial charge in [-0.05, 0) is 37.0 Å². The van der Waals surface area contributed by atoms with Crippen LogP contribution < -0.4 is 0 Å². The fourth-order valence-electron chi connectivity index (χ4n) is 3.16. The van der Waals surface area contributed by atoms with Gasteiger partial charge >= 0.3 is 0 Å². The fourth-order valence-corrected chi connectivity index (χ4v) is 3.16. The molecule has 1 nitrogen and oxygen atoms in total. The molecule has 1 N–H and O–H groups in total. The molecule has 1 saturated carbocycles. The van der Waals surface area contributed by atoms with Crippen LogP contribution in [0.2, 0.25) is 0 Å². The van der Waals surface area contributed by atoms with Gasteiger partial charge in [-0.25, -0.2) is 0 Å². The fraction of sp³-hybridized carbons (Fsp3) is 0.846. The SMILES string of the molecule is OCC1(CC2CCCC2)CC=CCC1. The predicted octanol–water partition coefficient (Wildman–Crippen LogP) is 3.29. The molecule has 1 fully saturated rings. The topological polar surface area (TPSA) is 20.2 Å². The number of aliphatic hydroxyl groups excluding tert-OH is 1. The Labute approximate surface area is 87.2 Å². The van der Waals surface area contributed by atoms with Gasteiger partial charge in [0.05, 0.1) is 0 Å². The van der Waals surface area contributed by atoms with E-state index < -0.39 is 0 Å². The van der Waals surface area contributed by atoms with Gasteiger partial charge in [0.1, 0.15) is 0 Å². The number of hydrogen-bond donors (Lipinski definition) is 1. The summed E-state index contributed by atoms with van der Waals surface area (Å²) in [6.07, 6.45) is 15.0. The molecule has 2 rings (SSSR count). The van der Waals surface area contributed by atoms with Gasteiger partial charge in [0.2, 0.25) is 0 Å². The highest BCUT2D eigenvalue weighted by Gasteiger charge is 2.33. The Bertz CT molecular complexity index is 203. The maximum atomic E-state index is 9.57. The lowest BCUT2D eigenvalue weighted by Gasteiger charge is -2.35. The van der Waals surface area contributed by atoms with Gasteiger partial charge in [-0.15, -0.1) is 0 Å². The van der Waals surface area contributed by atoms with Crippen molar-refractivity contribution in [2.45, 2.75) is 51.4 Å². The highest BCUT2D eigenvalue weighted by molar-refractivity contribution is 4.98. The zero-order valence-electron chi connectivity index (χ0n) is 9.04. The number of rotatable bonds is 3. The summed E-state index contributed by atoms with van der Waals surface area (Å²) in [4.78, 5) is 0. The Hall–Kier alpha value is -0.300. The second kappa shape index (κ2) is 4.48. The first-order chi connectivity index (χ1) is 6.85. The van der Waals surface area contributed by atoms with Crippen molar-refractivity contribution in [3.8, 4) is 0 Å². The van der Waals surface area contributed by atoms with E-state index >= 15 is 0 Å². The van der Waals surface area contributed by atoms with E-state index in [1.807, 2.05) is 0 Å². The first-order valence-corrected chi connectivity index (χ1v) is 6.11. The first kappa shape index (κ1) is 10.2. The average Bonchev–Trinajstić information content (AvgIpc) is 2.72. The molecule has 0 aliphatic heterocycles. The monoisotopic (exact) mass is 194 g/mol. The van der Waals surface area contributed by atoms with Crippen molar-refractivity contribution in [3.63, 3.8) is 0 Å². The van der Waals surface area contributed by atoms with Crippen molar-refractivity contribution in [2.75, 3.05) is 6.61 Å². The second-order valence-electron chi connectivity index (χ2n) is 5.23. The third-order valence-electron chi connectivity index (χ3n) is 4.09. The van der Waals surface area contributed by atoms with Crippen LogP contribution in [0.3, 0.4) is 0 Å². The Morgan fingerprint density at radius 3 is 2.57 bits per heavy atom. The summed E-state index contributed by atoms with van der Waals surface area (Å²) >= 11 is 0. The van der Waals surface area contributed by atoms with E-state index in [1.165, 1.54) is 44.9 Å². The molecule has 2 aliphatic carbocycles. The number of aliphatic hydroxyl groups is 1. The summed E-state index contributed by atoms with van der Waals surface area (Å²) in [7, 11) is 0. The van der Waals surface area contributed by atoms with E-state index in [1.54, 1.807) is 0 Å². The molecule has 0 aromatic rings. The lowest BCUT2D eigenvalue weighted by molar-refractivity contribution is 0.0857. The molecule has 0 heterocycles. The van der Waals surface area contributed by atoms with E-state index in [-0.39, 0.29) is 5.41 Å². The standard InChI is InChI=1S/C13H22O/c14-11-13(8-4-1-5-9-13)10-12-6-2-3-7-12/h1,4,12,14H,2-3,5-11H2. The third kappa shape index (κ3) is 2.20. The minimum absolute atomic E-state index is 0.254. The van der Waals surface area contributed by atoms with Gasteiger partial charge in [-0.2, -0.15) is 0 Å². The Morgan fingerprint density at radius 2 is 2.00 bits per heavy atom. The van der Waals surface area contributed by atoms with Crippen LogP contribution in [0.4, 0.5) is 0 Å². The van der Waals surface area contributed by atoms with E-state index in [4.69, 9.17) is 0 Å². The molecule has 0 radical (unpaired) electrons. The van der Waals surface area contributed by atoms with Crippen LogP contribution in [-0.2, 0) is 0 Å². The molecule has 0 spiro atoms.